The molecule has 6 nitrogen and oxygen atoms in total. The lowest BCUT2D eigenvalue weighted by atomic mass is 10.0. The lowest BCUT2D eigenvalue weighted by molar-refractivity contribution is -0.167. The molecular formula is C60H114O6. The van der Waals surface area contributed by atoms with Crippen molar-refractivity contribution in [3.63, 3.8) is 0 Å². The van der Waals surface area contributed by atoms with Crippen LogP contribution in [0.4, 0.5) is 0 Å². The molecule has 0 N–H and O–H groups in total. The quantitative estimate of drug-likeness (QED) is 0.0262. The van der Waals surface area contributed by atoms with Gasteiger partial charge in [-0.15, -0.1) is 0 Å². The molecule has 6 heteroatoms. The summed E-state index contributed by atoms with van der Waals surface area (Å²) in [6.45, 7) is 6.69. The van der Waals surface area contributed by atoms with Gasteiger partial charge in [0.05, 0.1) is 0 Å². The molecule has 1 atom stereocenters. The second-order valence-electron chi connectivity index (χ2n) is 20.3. The van der Waals surface area contributed by atoms with Gasteiger partial charge >= 0.3 is 17.9 Å². The SMILES string of the molecule is CCCCCCCCCC/C=C\CCCCCCCCCCCCCC(=O)OCC(COC(=O)CCCCCCCCCCCCCC)OC(=O)CCCCCCCCCCCCCCC. The Bertz CT molecular complexity index is 1020. The van der Waals surface area contributed by atoms with Gasteiger partial charge < -0.3 is 14.2 Å². The predicted octanol–water partition coefficient (Wildman–Crippen LogP) is 19.7. The zero-order chi connectivity index (χ0) is 47.9. The van der Waals surface area contributed by atoms with Crippen molar-refractivity contribution in [1.29, 1.82) is 0 Å². The summed E-state index contributed by atoms with van der Waals surface area (Å²) in [6, 6.07) is 0. The molecule has 0 saturated carbocycles. The number of unbranched alkanes of at least 4 members (excludes halogenated alkanes) is 42. The molecule has 0 saturated heterocycles. The predicted molar refractivity (Wildman–Crippen MR) is 284 cm³/mol. The normalized spacial score (nSPS) is 12.0. The highest BCUT2D eigenvalue weighted by Crippen LogP contribution is 2.17. The van der Waals surface area contributed by atoms with Crippen LogP contribution >= 0.6 is 0 Å². The Labute approximate surface area is 411 Å². The first-order chi connectivity index (χ1) is 32.5. The van der Waals surface area contributed by atoms with Gasteiger partial charge in [-0.1, -0.05) is 283 Å². The third-order valence-electron chi connectivity index (χ3n) is 13.5. The lowest BCUT2D eigenvalue weighted by Crippen LogP contribution is -2.30. The van der Waals surface area contributed by atoms with Gasteiger partial charge in [-0.05, 0) is 44.9 Å². The second kappa shape index (κ2) is 55.7. The summed E-state index contributed by atoms with van der Waals surface area (Å²) in [6.07, 6.45) is 63.5. The van der Waals surface area contributed by atoms with Gasteiger partial charge in [-0.2, -0.15) is 0 Å². The van der Waals surface area contributed by atoms with Gasteiger partial charge in [0.15, 0.2) is 6.10 Å². The van der Waals surface area contributed by atoms with Crippen molar-refractivity contribution in [2.75, 3.05) is 13.2 Å². The Morgan fingerprint density at radius 2 is 0.500 bits per heavy atom. The van der Waals surface area contributed by atoms with Gasteiger partial charge in [-0.25, -0.2) is 0 Å². The summed E-state index contributed by atoms with van der Waals surface area (Å²) < 4.78 is 16.9. The van der Waals surface area contributed by atoms with Gasteiger partial charge in [0.1, 0.15) is 13.2 Å². The van der Waals surface area contributed by atoms with Crippen LogP contribution in [0, 0.1) is 0 Å². The highest BCUT2D eigenvalue weighted by Gasteiger charge is 2.19. The number of carbonyl (C=O) groups is 3. The maximum Gasteiger partial charge on any atom is 0.306 e. The number of rotatable bonds is 55. The number of carbonyl (C=O) groups excluding carboxylic acids is 3. The molecule has 0 heterocycles. The molecule has 0 aromatic rings. The minimum Gasteiger partial charge on any atom is -0.462 e. The van der Waals surface area contributed by atoms with Crippen molar-refractivity contribution in [2.45, 2.75) is 341 Å². The molecule has 0 fully saturated rings. The summed E-state index contributed by atoms with van der Waals surface area (Å²) in [5, 5.41) is 0. The minimum atomic E-state index is -0.763. The number of hydrogen-bond donors (Lipinski definition) is 0. The molecule has 0 radical (unpaired) electrons. The number of ether oxygens (including phenoxy) is 3. The van der Waals surface area contributed by atoms with Crippen LogP contribution < -0.4 is 0 Å². The van der Waals surface area contributed by atoms with E-state index in [-0.39, 0.29) is 31.1 Å². The van der Waals surface area contributed by atoms with Crippen LogP contribution in [0.5, 0.6) is 0 Å². The fourth-order valence-corrected chi connectivity index (χ4v) is 9.03. The van der Waals surface area contributed by atoms with Crippen LogP contribution in [0.3, 0.4) is 0 Å². The average molecular weight is 932 g/mol. The summed E-state index contributed by atoms with van der Waals surface area (Å²) in [5.74, 6) is -0.841. The largest absolute Gasteiger partial charge is 0.462 e. The highest BCUT2D eigenvalue weighted by atomic mass is 16.6. The summed E-state index contributed by atoms with van der Waals surface area (Å²) in [4.78, 5) is 38.1. The van der Waals surface area contributed by atoms with Crippen molar-refractivity contribution in [3.8, 4) is 0 Å². The third-order valence-corrected chi connectivity index (χ3v) is 13.5. The number of allylic oxidation sites excluding steroid dienone is 2. The fourth-order valence-electron chi connectivity index (χ4n) is 9.03. The molecule has 0 rings (SSSR count). The van der Waals surface area contributed by atoms with Crippen molar-refractivity contribution in [2.24, 2.45) is 0 Å². The first kappa shape index (κ1) is 64.2. The molecule has 0 aromatic heterocycles. The van der Waals surface area contributed by atoms with Crippen LogP contribution in [0.15, 0.2) is 12.2 Å². The smallest absolute Gasteiger partial charge is 0.306 e. The van der Waals surface area contributed by atoms with E-state index in [1.807, 2.05) is 0 Å². The molecular weight excluding hydrogens is 817 g/mol. The van der Waals surface area contributed by atoms with Crippen LogP contribution in [0.1, 0.15) is 335 Å². The van der Waals surface area contributed by atoms with E-state index in [1.165, 1.54) is 238 Å². The van der Waals surface area contributed by atoms with E-state index in [9.17, 15) is 14.4 Å². The topological polar surface area (TPSA) is 78.9 Å². The van der Waals surface area contributed by atoms with Crippen LogP contribution in [-0.4, -0.2) is 37.2 Å². The molecule has 0 bridgehead atoms. The van der Waals surface area contributed by atoms with Crippen molar-refractivity contribution < 1.29 is 28.6 Å². The zero-order valence-electron chi connectivity index (χ0n) is 44.7. The minimum absolute atomic E-state index is 0.0640. The number of esters is 3. The van der Waals surface area contributed by atoms with Gasteiger partial charge in [0.25, 0.3) is 0 Å². The Morgan fingerprint density at radius 3 is 0.758 bits per heavy atom. The van der Waals surface area contributed by atoms with Crippen LogP contribution in [0.25, 0.3) is 0 Å². The second-order valence-corrected chi connectivity index (χ2v) is 20.3. The van der Waals surface area contributed by atoms with Gasteiger partial charge in [0.2, 0.25) is 0 Å². The lowest BCUT2D eigenvalue weighted by Gasteiger charge is -2.18. The monoisotopic (exact) mass is 931 g/mol. The first-order valence-electron chi connectivity index (χ1n) is 29.7. The highest BCUT2D eigenvalue weighted by molar-refractivity contribution is 5.71. The van der Waals surface area contributed by atoms with E-state index >= 15 is 0 Å². The Morgan fingerprint density at radius 1 is 0.288 bits per heavy atom. The van der Waals surface area contributed by atoms with E-state index in [2.05, 4.69) is 32.9 Å². The Balaban J connectivity index is 4.20. The van der Waals surface area contributed by atoms with E-state index in [4.69, 9.17) is 14.2 Å². The van der Waals surface area contributed by atoms with E-state index in [0.29, 0.717) is 19.3 Å². The zero-order valence-corrected chi connectivity index (χ0v) is 44.7. The maximum absolute atomic E-state index is 12.8. The third kappa shape index (κ3) is 53.1. The molecule has 0 spiro atoms. The van der Waals surface area contributed by atoms with Crippen LogP contribution in [0.2, 0.25) is 0 Å². The molecule has 390 valence electrons. The average Bonchev–Trinajstić information content (AvgIpc) is 3.31. The number of hydrogen-bond acceptors (Lipinski definition) is 6. The van der Waals surface area contributed by atoms with Crippen molar-refractivity contribution in [3.05, 3.63) is 12.2 Å². The van der Waals surface area contributed by atoms with Crippen LogP contribution in [-0.2, 0) is 28.6 Å². The fraction of sp³-hybridized carbons (Fsp3) is 0.917. The molecule has 66 heavy (non-hydrogen) atoms. The van der Waals surface area contributed by atoms with E-state index in [1.54, 1.807) is 0 Å². The standard InChI is InChI=1S/C60H114O6/c1-4-7-10-13-16-19-22-25-26-27-28-29-30-31-32-33-34-36-38-41-44-47-50-53-59(62)65-56-57(55-64-58(61)52-49-46-43-40-37-24-21-18-15-12-9-6-3)66-60(63)54-51-48-45-42-39-35-23-20-17-14-11-8-5-2/h27-28,57H,4-26,29-56H2,1-3H3/b28-27-. The van der Waals surface area contributed by atoms with Gasteiger partial charge in [-0.3, -0.25) is 14.4 Å². The van der Waals surface area contributed by atoms with E-state index < -0.39 is 6.10 Å². The maximum atomic E-state index is 12.8. The molecule has 0 aromatic carbocycles. The molecule has 0 aliphatic heterocycles. The molecule has 0 aliphatic carbocycles. The molecule has 0 aliphatic rings. The Kier molecular flexibility index (Phi) is 54.2. The van der Waals surface area contributed by atoms with Gasteiger partial charge in [0, 0.05) is 19.3 Å². The summed E-state index contributed by atoms with van der Waals surface area (Å²) in [7, 11) is 0. The van der Waals surface area contributed by atoms with Crippen molar-refractivity contribution in [1.82, 2.24) is 0 Å². The molecule has 0 amide bonds. The summed E-state index contributed by atoms with van der Waals surface area (Å²) in [5.41, 5.74) is 0. The Hall–Kier alpha value is -1.85. The first-order valence-corrected chi connectivity index (χ1v) is 29.7. The van der Waals surface area contributed by atoms with E-state index in [0.717, 1.165) is 57.8 Å². The van der Waals surface area contributed by atoms with Crippen molar-refractivity contribution >= 4 is 17.9 Å². The molecule has 1 unspecified atom stereocenters. The summed E-state index contributed by atoms with van der Waals surface area (Å²) >= 11 is 0.